The number of carbonyl (C=O) groups is 1. The van der Waals surface area contributed by atoms with Crippen LogP contribution in [0.3, 0.4) is 0 Å². The first-order chi connectivity index (χ1) is 9.19. The predicted octanol–water partition coefficient (Wildman–Crippen LogP) is 0.836. The Balaban J connectivity index is 1.98. The zero-order valence-corrected chi connectivity index (χ0v) is 11.2. The quantitative estimate of drug-likeness (QED) is 0.305. The summed E-state index contributed by atoms with van der Waals surface area (Å²) >= 11 is 0. The van der Waals surface area contributed by atoms with E-state index in [9.17, 15) is 4.79 Å². The molecule has 0 aromatic carbocycles. The molecule has 1 saturated carbocycles. The van der Waals surface area contributed by atoms with Gasteiger partial charge in [-0.05, 0) is 31.6 Å². The second-order valence-corrected chi connectivity index (χ2v) is 5.54. The van der Waals surface area contributed by atoms with Crippen LogP contribution in [0.1, 0.15) is 38.5 Å². The second kappa shape index (κ2) is 6.23. The molecule has 0 unspecified atom stereocenters. The topological polar surface area (TPSA) is 96.9 Å². The highest BCUT2D eigenvalue weighted by molar-refractivity contribution is 6.06. The Kier molecular flexibility index (Phi) is 4.63. The predicted molar refractivity (Wildman–Crippen MR) is 70.9 cm³/mol. The lowest BCUT2D eigenvalue weighted by Gasteiger charge is -2.34. The van der Waals surface area contributed by atoms with E-state index in [1.165, 1.54) is 25.7 Å². The minimum atomic E-state index is -0.897. The van der Waals surface area contributed by atoms with Crippen molar-refractivity contribution in [3.8, 4) is 0 Å². The summed E-state index contributed by atoms with van der Waals surface area (Å²) in [4.78, 5) is 12.4. The van der Waals surface area contributed by atoms with Gasteiger partial charge in [-0.1, -0.05) is 18.0 Å². The van der Waals surface area contributed by atoms with Crippen molar-refractivity contribution < 1.29 is 14.7 Å². The summed E-state index contributed by atoms with van der Waals surface area (Å²) in [6.07, 6.45) is 5.80. The number of hydrogen-bond donors (Lipinski definition) is 3. The molecule has 1 amide bonds. The molecule has 6 nitrogen and oxygen atoms in total. The number of hydrogen-bond acceptors (Lipinski definition) is 4. The Morgan fingerprint density at radius 3 is 2.58 bits per heavy atom. The van der Waals surface area contributed by atoms with E-state index in [1.54, 1.807) is 0 Å². The Morgan fingerprint density at radius 1 is 1.37 bits per heavy atom. The highest BCUT2D eigenvalue weighted by Gasteiger charge is 2.44. The van der Waals surface area contributed by atoms with Crippen LogP contribution in [0.15, 0.2) is 5.16 Å². The lowest BCUT2D eigenvalue weighted by atomic mass is 9.78. The molecule has 2 aliphatic rings. The third-order valence-electron chi connectivity index (χ3n) is 4.41. The van der Waals surface area contributed by atoms with E-state index >= 15 is 0 Å². The zero-order chi connectivity index (χ0) is 13.7. The SMILES string of the molecule is NC(=NO)C1(C(=O)NCC2CCCC2)CCOCC1. The maximum atomic E-state index is 12.4. The molecule has 0 atom stereocenters. The lowest BCUT2D eigenvalue weighted by molar-refractivity contribution is -0.131. The van der Waals surface area contributed by atoms with E-state index in [0.29, 0.717) is 38.5 Å². The molecule has 0 aromatic rings. The van der Waals surface area contributed by atoms with Gasteiger partial charge < -0.3 is 21.0 Å². The molecule has 2 rings (SSSR count). The molecule has 0 aromatic heterocycles. The number of nitrogens with one attached hydrogen (secondary N) is 1. The molecule has 6 heteroatoms. The fourth-order valence-electron chi connectivity index (χ4n) is 3.04. The molecule has 0 radical (unpaired) electrons. The van der Waals surface area contributed by atoms with Gasteiger partial charge in [0, 0.05) is 19.8 Å². The first-order valence-electron chi connectivity index (χ1n) is 7.03. The molecule has 1 aliphatic carbocycles. The van der Waals surface area contributed by atoms with E-state index in [-0.39, 0.29) is 11.7 Å². The Morgan fingerprint density at radius 2 is 2.00 bits per heavy atom. The van der Waals surface area contributed by atoms with Crippen LogP contribution in [-0.2, 0) is 9.53 Å². The van der Waals surface area contributed by atoms with Crippen LogP contribution in [0.5, 0.6) is 0 Å². The molecule has 1 aliphatic heterocycles. The molecule has 4 N–H and O–H groups in total. The smallest absolute Gasteiger partial charge is 0.234 e. The van der Waals surface area contributed by atoms with E-state index in [0.717, 1.165) is 0 Å². The van der Waals surface area contributed by atoms with E-state index < -0.39 is 5.41 Å². The fourth-order valence-corrected chi connectivity index (χ4v) is 3.04. The number of oxime groups is 1. The Labute approximate surface area is 113 Å². The van der Waals surface area contributed by atoms with Crippen LogP contribution in [0.25, 0.3) is 0 Å². The summed E-state index contributed by atoms with van der Waals surface area (Å²) in [5, 5.41) is 15.0. The standard InChI is InChI=1S/C13H23N3O3/c14-11(16-18)13(5-7-19-8-6-13)12(17)15-9-10-3-1-2-4-10/h10,18H,1-9H2,(H2,14,16)(H,15,17). The summed E-state index contributed by atoms with van der Waals surface area (Å²) in [7, 11) is 0. The Hall–Kier alpha value is -1.30. The first kappa shape index (κ1) is 14.1. The first-order valence-corrected chi connectivity index (χ1v) is 7.03. The summed E-state index contributed by atoms with van der Waals surface area (Å²) < 4.78 is 5.28. The van der Waals surface area contributed by atoms with Crippen LogP contribution in [-0.4, -0.2) is 36.7 Å². The largest absolute Gasteiger partial charge is 0.409 e. The average molecular weight is 269 g/mol. The van der Waals surface area contributed by atoms with E-state index in [2.05, 4.69) is 10.5 Å². The highest BCUT2D eigenvalue weighted by atomic mass is 16.5. The van der Waals surface area contributed by atoms with E-state index in [4.69, 9.17) is 15.7 Å². The van der Waals surface area contributed by atoms with Crippen molar-refractivity contribution in [2.24, 2.45) is 22.2 Å². The monoisotopic (exact) mass is 269 g/mol. The molecular weight excluding hydrogens is 246 g/mol. The van der Waals surface area contributed by atoms with Crippen molar-refractivity contribution in [1.29, 1.82) is 0 Å². The molecule has 0 bridgehead atoms. The summed E-state index contributed by atoms with van der Waals surface area (Å²) in [6.45, 7) is 1.63. The van der Waals surface area contributed by atoms with Gasteiger partial charge in [-0.3, -0.25) is 4.79 Å². The van der Waals surface area contributed by atoms with Crippen LogP contribution in [0, 0.1) is 11.3 Å². The highest BCUT2D eigenvalue weighted by Crippen LogP contribution is 2.31. The van der Waals surface area contributed by atoms with Gasteiger partial charge >= 0.3 is 0 Å². The fraction of sp³-hybridized carbons (Fsp3) is 0.846. The van der Waals surface area contributed by atoms with Crippen LogP contribution >= 0.6 is 0 Å². The van der Waals surface area contributed by atoms with Gasteiger partial charge in [0.2, 0.25) is 5.91 Å². The summed E-state index contributed by atoms with van der Waals surface area (Å²) in [5.74, 6) is 0.450. The van der Waals surface area contributed by atoms with E-state index in [1.807, 2.05) is 0 Å². The molecule has 19 heavy (non-hydrogen) atoms. The van der Waals surface area contributed by atoms with Gasteiger partial charge in [-0.2, -0.15) is 0 Å². The number of rotatable bonds is 4. The van der Waals surface area contributed by atoms with Crippen molar-refractivity contribution in [3.05, 3.63) is 0 Å². The van der Waals surface area contributed by atoms with Crippen molar-refractivity contribution >= 4 is 11.7 Å². The second-order valence-electron chi connectivity index (χ2n) is 5.54. The summed E-state index contributed by atoms with van der Waals surface area (Å²) in [5.41, 5.74) is 4.85. The number of carbonyl (C=O) groups excluding carboxylic acids is 1. The average Bonchev–Trinajstić information content (AvgIpc) is 2.97. The van der Waals surface area contributed by atoms with Crippen LogP contribution in [0.2, 0.25) is 0 Å². The van der Waals surface area contributed by atoms with Gasteiger partial charge in [0.1, 0.15) is 5.41 Å². The number of nitrogens with zero attached hydrogens (tertiary/aromatic N) is 1. The normalized spacial score (nSPS) is 24.3. The maximum Gasteiger partial charge on any atom is 0.234 e. The number of ether oxygens (including phenoxy) is 1. The molecule has 1 heterocycles. The Bertz CT molecular complexity index is 345. The third kappa shape index (κ3) is 3.00. The summed E-state index contributed by atoms with van der Waals surface area (Å²) in [6, 6.07) is 0. The zero-order valence-electron chi connectivity index (χ0n) is 11.2. The van der Waals surface area contributed by atoms with Gasteiger partial charge in [0.25, 0.3) is 0 Å². The molecule has 2 fully saturated rings. The van der Waals surface area contributed by atoms with Gasteiger partial charge in [-0.15, -0.1) is 0 Å². The van der Waals surface area contributed by atoms with Crippen LogP contribution < -0.4 is 11.1 Å². The van der Waals surface area contributed by atoms with Crippen molar-refractivity contribution in [2.45, 2.75) is 38.5 Å². The minimum absolute atomic E-state index is 0.000257. The molecular formula is C13H23N3O3. The van der Waals surface area contributed by atoms with Crippen molar-refractivity contribution in [2.75, 3.05) is 19.8 Å². The maximum absolute atomic E-state index is 12.4. The molecule has 1 saturated heterocycles. The van der Waals surface area contributed by atoms with Gasteiger partial charge in [0.05, 0.1) is 0 Å². The number of amides is 1. The molecule has 0 spiro atoms. The van der Waals surface area contributed by atoms with Crippen molar-refractivity contribution in [1.82, 2.24) is 5.32 Å². The molecule has 108 valence electrons. The minimum Gasteiger partial charge on any atom is -0.409 e. The van der Waals surface area contributed by atoms with Gasteiger partial charge in [0.15, 0.2) is 5.84 Å². The van der Waals surface area contributed by atoms with Crippen LogP contribution in [0.4, 0.5) is 0 Å². The van der Waals surface area contributed by atoms with Crippen molar-refractivity contribution in [3.63, 3.8) is 0 Å². The third-order valence-corrected chi connectivity index (χ3v) is 4.41. The van der Waals surface area contributed by atoms with Gasteiger partial charge in [-0.25, -0.2) is 0 Å². The number of nitrogens with two attached hydrogens (primary N) is 1. The number of amidine groups is 1. The lowest BCUT2D eigenvalue weighted by Crippen LogP contribution is -2.53.